The summed E-state index contributed by atoms with van der Waals surface area (Å²) in [5.74, 6) is -0.333. The number of hydrogen-bond donors (Lipinski definition) is 1. The van der Waals surface area contributed by atoms with E-state index in [1.807, 2.05) is 36.4 Å². The van der Waals surface area contributed by atoms with E-state index in [1.165, 1.54) is 13.0 Å². The molecule has 0 spiro atoms. The van der Waals surface area contributed by atoms with Crippen molar-refractivity contribution >= 4 is 11.6 Å². The maximum Gasteiger partial charge on any atom is 0.270 e. The molecule has 1 amide bonds. The van der Waals surface area contributed by atoms with Crippen molar-refractivity contribution in [2.45, 2.75) is 6.92 Å². The third kappa shape index (κ3) is 4.99. The number of nitro groups is 1. The van der Waals surface area contributed by atoms with E-state index in [1.54, 1.807) is 12.1 Å². The van der Waals surface area contributed by atoms with Crippen LogP contribution in [0.4, 0.5) is 5.69 Å². The second-order valence-electron chi connectivity index (χ2n) is 3.78. The van der Waals surface area contributed by atoms with Crippen molar-refractivity contribution in [1.29, 1.82) is 0 Å². The molecule has 0 fully saturated rings. The van der Waals surface area contributed by atoms with Crippen molar-refractivity contribution in [3.8, 4) is 11.1 Å². The Kier molecular flexibility index (Phi) is 5.22. The van der Waals surface area contributed by atoms with Crippen LogP contribution in [-0.4, -0.2) is 10.8 Å². The molecule has 19 heavy (non-hydrogen) atoms. The fourth-order valence-electron chi connectivity index (χ4n) is 1.43. The Bertz CT molecular complexity index is 564. The molecule has 0 aromatic heterocycles. The lowest BCUT2D eigenvalue weighted by molar-refractivity contribution is -0.384. The number of non-ortho nitro benzene ring substituents is 1. The van der Waals surface area contributed by atoms with E-state index in [4.69, 9.17) is 0 Å². The van der Waals surface area contributed by atoms with Gasteiger partial charge in [0.1, 0.15) is 0 Å². The average Bonchev–Trinajstić information content (AvgIpc) is 2.39. The lowest BCUT2D eigenvalue weighted by Gasteiger charge is -2.00. The van der Waals surface area contributed by atoms with E-state index in [2.05, 4.69) is 5.73 Å². The summed E-state index contributed by atoms with van der Waals surface area (Å²) in [5, 5.41) is 10.6. The van der Waals surface area contributed by atoms with Crippen LogP contribution in [0.3, 0.4) is 0 Å². The van der Waals surface area contributed by atoms with Gasteiger partial charge in [-0.15, -0.1) is 0 Å². The maximum absolute atomic E-state index is 10.6. The van der Waals surface area contributed by atoms with Gasteiger partial charge in [0.25, 0.3) is 5.69 Å². The van der Waals surface area contributed by atoms with Gasteiger partial charge >= 0.3 is 0 Å². The fourth-order valence-corrected chi connectivity index (χ4v) is 1.43. The minimum atomic E-state index is -0.382. The van der Waals surface area contributed by atoms with Crippen LogP contribution in [0.25, 0.3) is 11.1 Å². The van der Waals surface area contributed by atoms with Crippen LogP contribution < -0.4 is 5.73 Å². The van der Waals surface area contributed by atoms with E-state index in [9.17, 15) is 14.9 Å². The number of hydrogen-bond acceptors (Lipinski definition) is 3. The average molecular weight is 258 g/mol. The van der Waals surface area contributed by atoms with Gasteiger partial charge in [-0.05, 0) is 11.1 Å². The molecule has 0 bridgehead atoms. The molecule has 98 valence electrons. The first-order valence-corrected chi connectivity index (χ1v) is 5.56. The van der Waals surface area contributed by atoms with Crippen LogP contribution in [0.1, 0.15) is 6.92 Å². The molecule has 5 nitrogen and oxygen atoms in total. The normalized spacial score (nSPS) is 9.11. The van der Waals surface area contributed by atoms with Crippen molar-refractivity contribution < 1.29 is 9.72 Å². The summed E-state index contributed by atoms with van der Waals surface area (Å²) in [6, 6.07) is 16.2. The zero-order chi connectivity index (χ0) is 14.3. The van der Waals surface area contributed by atoms with Gasteiger partial charge in [-0.1, -0.05) is 42.5 Å². The molecule has 0 saturated carbocycles. The Hall–Kier alpha value is -2.69. The number of rotatable bonds is 2. The van der Waals surface area contributed by atoms with Crippen LogP contribution >= 0.6 is 0 Å². The zero-order valence-electron chi connectivity index (χ0n) is 10.4. The predicted octanol–water partition coefficient (Wildman–Crippen LogP) is 2.75. The minimum Gasteiger partial charge on any atom is -0.370 e. The largest absolute Gasteiger partial charge is 0.370 e. The number of benzene rings is 2. The monoisotopic (exact) mass is 258 g/mol. The molecule has 0 unspecified atom stereocenters. The Labute approximate surface area is 110 Å². The second-order valence-corrected chi connectivity index (χ2v) is 3.78. The Morgan fingerprint density at radius 2 is 1.58 bits per heavy atom. The van der Waals surface area contributed by atoms with Crippen molar-refractivity contribution in [2.24, 2.45) is 5.73 Å². The topological polar surface area (TPSA) is 86.2 Å². The number of carbonyl (C=O) groups is 1. The van der Waals surface area contributed by atoms with Crippen molar-refractivity contribution in [1.82, 2.24) is 0 Å². The summed E-state index contributed by atoms with van der Waals surface area (Å²) in [5.41, 5.74) is 6.45. The van der Waals surface area contributed by atoms with E-state index in [0.29, 0.717) is 0 Å². The molecule has 5 heteroatoms. The van der Waals surface area contributed by atoms with E-state index >= 15 is 0 Å². The smallest absolute Gasteiger partial charge is 0.270 e. The summed E-state index contributed by atoms with van der Waals surface area (Å²) in [6.45, 7) is 1.31. The SMILES string of the molecule is CC(N)=O.O=[N+]([O-])c1cccc(-c2ccccc2)c1. The Morgan fingerprint density at radius 3 is 2.11 bits per heavy atom. The Morgan fingerprint density at radius 1 is 1.05 bits per heavy atom. The van der Waals surface area contributed by atoms with Crippen molar-refractivity contribution in [2.75, 3.05) is 0 Å². The minimum absolute atomic E-state index is 0.122. The number of nitrogens with zero attached hydrogens (tertiary/aromatic N) is 1. The molecule has 2 aromatic rings. The summed E-state index contributed by atoms with van der Waals surface area (Å²) in [7, 11) is 0. The third-order valence-corrected chi connectivity index (χ3v) is 2.16. The predicted molar refractivity (Wildman–Crippen MR) is 73.4 cm³/mol. The van der Waals surface area contributed by atoms with Crippen LogP contribution in [0.5, 0.6) is 0 Å². The quantitative estimate of drug-likeness (QED) is 0.663. The standard InChI is InChI=1S/C12H9NO2.C2H5NO/c14-13(15)12-8-4-7-11(9-12)10-5-2-1-3-6-10;1-2(3)4/h1-9H;1H3,(H2,3,4). The molecule has 0 saturated heterocycles. The van der Waals surface area contributed by atoms with Gasteiger partial charge in [0.05, 0.1) is 4.92 Å². The highest BCUT2D eigenvalue weighted by molar-refractivity contribution is 5.70. The van der Waals surface area contributed by atoms with Crippen molar-refractivity contribution in [3.05, 3.63) is 64.7 Å². The molecular formula is C14H14N2O3. The van der Waals surface area contributed by atoms with Gasteiger partial charge in [-0.3, -0.25) is 14.9 Å². The first-order chi connectivity index (χ1) is 9.00. The summed E-state index contributed by atoms with van der Waals surface area (Å²) in [4.78, 5) is 19.4. The van der Waals surface area contributed by atoms with Gasteiger partial charge in [-0.2, -0.15) is 0 Å². The second kappa shape index (κ2) is 6.90. The van der Waals surface area contributed by atoms with Gasteiger partial charge in [0.15, 0.2) is 0 Å². The lowest BCUT2D eigenvalue weighted by atomic mass is 10.1. The highest BCUT2D eigenvalue weighted by atomic mass is 16.6. The van der Waals surface area contributed by atoms with E-state index < -0.39 is 0 Å². The molecular weight excluding hydrogens is 244 g/mol. The fraction of sp³-hybridized carbons (Fsp3) is 0.0714. The van der Waals surface area contributed by atoms with Crippen LogP contribution in [0.15, 0.2) is 54.6 Å². The van der Waals surface area contributed by atoms with Gasteiger partial charge < -0.3 is 5.73 Å². The van der Waals surface area contributed by atoms with Gasteiger partial charge in [0, 0.05) is 19.1 Å². The van der Waals surface area contributed by atoms with Gasteiger partial charge in [0.2, 0.25) is 5.91 Å². The van der Waals surface area contributed by atoms with Crippen LogP contribution in [-0.2, 0) is 4.79 Å². The van der Waals surface area contributed by atoms with Crippen molar-refractivity contribution in [3.63, 3.8) is 0 Å². The third-order valence-electron chi connectivity index (χ3n) is 2.16. The molecule has 2 aromatic carbocycles. The first kappa shape index (κ1) is 14.4. The lowest BCUT2D eigenvalue weighted by Crippen LogP contribution is -2.01. The number of carbonyl (C=O) groups excluding carboxylic acids is 1. The zero-order valence-corrected chi connectivity index (χ0v) is 10.4. The highest BCUT2D eigenvalue weighted by Crippen LogP contribution is 2.23. The molecule has 0 radical (unpaired) electrons. The molecule has 2 N–H and O–H groups in total. The van der Waals surface area contributed by atoms with E-state index in [-0.39, 0.29) is 16.5 Å². The Balaban J connectivity index is 0.000000399. The number of primary amides is 1. The maximum atomic E-state index is 10.6. The molecule has 0 atom stereocenters. The molecule has 0 aliphatic carbocycles. The van der Waals surface area contributed by atoms with Crippen LogP contribution in [0.2, 0.25) is 0 Å². The molecule has 0 heterocycles. The first-order valence-electron chi connectivity index (χ1n) is 5.56. The number of nitro benzene ring substituents is 1. The van der Waals surface area contributed by atoms with Gasteiger partial charge in [-0.25, -0.2) is 0 Å². The number of amides is 1. The molecule has 2 rings (SSSR count). The van der Waals surface area contributed by atoms with Crippen LogP contribution in [0, 0.1) is 10.1 Å². The van der Waals surface area contributed by atoms with E-state index in [0.717, 1.165) is 11.1 Å². The summed E-state index contributed by atoms with van der Waals surface area (Å²) < 4.78 is 0. The molecule has 0 aliphatic heterocycles. The molecule has 0 aliphatic rings. The highest BCUT2D eigenvalue weighted by Gasteiger charge is 2.05. The number of nitrogens with two attached hydrogens (primary N) is 1. The summed E-state index contributed by atoms with van der Waals surface area (Å²) >= 11 is 0. The summed E-state index contributed by atoms with van der Waals surface area (Å²) in [6.07, 6.45) is 0.